The van der Waals surface area contributed by atoms with Gasteiger partial charge in [-0.05, 0) is 254 Å². The summed E-state index contributed by atoms with van der Waals surface area (Å²) in [7, 11) is -1.40. The van der Waals surface area contributed by atoms with Crippen LogP contribution in [0.25, 0.3) is 121 Å². The Kier molecular flexibility index (Phi) is 46.0. The number of carboxylic acids is 3. The predicted molar refractivity (Wildman–Crippen MR) is 633 cm³/mol. The molecule has 0 bridgehead atoms. The van der Waals surface area contributed by atoms with E-state index in [4.69, 9.17) is 100 Å². The zero-order chi connectivity index (χ0) is 105. The molecule has 0 spiro atoms. The maximum atomic E-state index is 13.2. The molecule has 10 N–H and O–H groups in total. The molecule has 149 heavy (non-hydrogen) atoms. The van der Waals surface area contributed by atoms with Crippen LogP contribution in [0.5, 0.6) is 0 Å². The smallest absolute Gasteiger partial charge is 0.480 e. The number of nitrogens with zero attached hydrogens (tertiary/aromatic N) is 6. The molecule has 0 amide bonds. The van der Waals surface area contributed by atoms with E-state index >= 15 is 0 Å². The number of carboxylic acid groups (broad SMARTS) is 3. The van der Waals surface area contributed by atoms with Crippen molar-refractivity contribution in [2.75, 3.05) is 28.7 Å². The van der Waals surface area contributed by atoms with E-state index in [2.05, 4.69) is 87.7 Å². The molecule has 8 aromatic heterocycles. The molecule has 0 unspecified atom stereocenters. The fraction of sp³-hybridized carbons (Fsp3) is 0.0901. The summed E-state index contributed by atoms with van der Waals surface area (Å²) in [5, 5.41) is 55.1. The Bertz CT molecular complexity index is 8460. The van der Waals surface area contributed by atoms with Gasteiger partial charge in [0.25, 0.3) is 0 Å². The minimum atomic E-state index is -1.40. The maximum absolute atomic E-state index is 13.2. The van der Waals surface area contributed by atoms with Gasteiger partial charge in [-0.3, -0.25) is 53.5 Å². The first-order valence-electron chi connectivity index (χ1n) is 43.6. The van der Waals surface area contributed by atoms with Gasteiger partial charge in [-0.15, -0.1) is 0 Å². The number of benzene rings is 12. The van der Waals surface area contributed by atoms with E-state index in [1.54, 1.807) is 236 Å². The van der Waals surface area contributed by atoms with Crippen molar-refractivity contribution in [3.05, 3.63) is 428 Å². The maximum Gasteiger partial charge on any atom is 0.490 e. The van der Waals surface area contributed by atoms with Gasteiger partial charge in [-0.2, -0.15) is 0 Å². The topological polar surface area (TPSA) is 404 Å². The second-order valence-corrected chi connectivity index (χ2v) is 37.4. The van der Waals surface area contributed by atoms with Gasteiger partial charge in [0.15, 0.2) is 21.7 Å². The molecule has 8 heterocycles. The summed E-state index contributed by atoms with van der Waals surface area (Å²) in [6.07, 6.45) is 13.1. The molecule has 0 saturated heterocycles. The third-order valence-electron chi connectivity index (χ3n) is 21.4. The molecule has 762 valence electrons. The normalized spacial score (nSPS) is 10.3. The van der Waals surface area contributed by atoms with Gasteiger partial charge in [-0.25, -0.2) is 9.59 Å². The summed E-state index contributed by atoms with van der Waals surface area (Å²) in [5.74, 6) is -3.36. The first-order chi connectivity index (χ1) is 70.3. The number of carbonyl (C=O) groups excluding carboxylic acids is 2. The first-order valence-corrected chi connectivity index (χ1v) is 50.9. The number of H-pyrrole nitrogens is 2. The Labute approximate surface area is 937 Å². The van der Waals surface area contributed by atoms with Crippen molar-refractivity contribution in [3.8, 4) is 33.4 Å². The number of ether oxygens (including phenoxy) is 2. The zero-order valence-corrected chi connectivity index (χ0v) is 90.0. The minimum Gasteiger partial charge on any atom is -0.480 e. The SMILES string of the molecule is C.C.C.CCOC(=O)CI.CCOC(=O)Cn1c2ccccc2c(=O)c2ccc(Cl)c(-c3cccnc3)c21.Nc1cccc(Cl)c1Br.O=C(O)Cn1c2ccccc2c(=O)c2ccc(Cl)c(-c3cccnc3)c21.O=C(O)c1ccccc1I.O=C(O)c1ccccc1Nc1cccc(Cl)c1Br.O=c1c2ccccc2[nH]c2c(-c3cccnc3)c(Cl)ccc12.O=c1c2ccccc2[nH]c2c(Br)c(Cl)ccc12.OB(O)c1cccnc1. The molecular formula is C111H92BBr3Cl6I2N10O16. The van der Waals surface area contributed by atoms with Crippen molar-refractivity contribution in [3.63, 3.8) is 0 Å². The van der Waals surface area contributed by atoms with Gasteiger partial charge in [0, 0.05) is 152 Å². The predicted octanol–water partition coefficient (Wildman–Crippen LogP) is 27.8. The number of hydrogen-bond acceptors (Lipinski definition) is 19. The van der Waals surface area contributed by atoms with Gasteiger partial charge >= 0.3 is 37.0 Å². The summed E-state index contributed by atoms with van der Waals surface area (Å²) in [5.41, 5.74) is 18.0. The van der Waals surface area contributed by atoms with Gasteiger partial charge in [0.2, 0.25) is 0 Å². The number of pyridine rings is 8. The van der Waals surface area contributed by atoms with E-state index in [9.17, 15) is 48.3 Å². The number of rotatable bonds is 15. The number of nitrogens with two attached hydrogens (primary N) is 1. The van der Waals surface area contributed by atoms with Crippen LogP contribution in [-0.4, -0.2) is 119 Å². The molecule has 20 rings (SSSR count). The summed E-state index contributed by atoms with van der Waals surface area (Å²) in [4.78, 5) is 129. The number of esters is 2. The minimum absolute atomic E-state index is 0. The van der Waals surface area contributed by atoms with Crippen molar-refractivity contribution in [1.82, 2.24) is 39.0 Å². The molecule has 20 aromatic rings. The number of aliphatic carboxylic acids is 1. The van der Waals surface area contributed by atoms with E-state index in [-0.39, 0.29) is 81.2 Å². The van der Waals surface area contributed by atoms with Crippen LogP contribution in [0.3, 0.4) is 0 Å². The number of aromatic amines is 2. The van der Waals surface area contributed by atoms with Crippen molar-refractivity contribution in [2.24, 2.45) is 0 Å². The van der Waals surface area contributed by atoms with Gasteiger partial charge in [-0.1, -0.05) is 224 Å². The highest BCUT2D eigenvalue weighted by Crippen LogP contribution is 2.41. The number of aromatic nitrogens is 8. The van der Waals surface area contributed by atoms with Gasteiger partial charge in [0.05, 0.1) is 117 Å². The number of nitrogen functional groups attached to an aromatic ring is 1. The Balaban J connectivity index is 0.000000192. The molecule has 38 heteroatoms. The van der Waals surface area contributed by atoms with E-state index < -0.39 is 25.0 Å². The summed E-state index contributed by atoms with van der Waals surface area (Å²) in [6, 6.07) is 81.5. The fourth-order valence-electron chi connectivity index (χ4n) is 14.9. The molecule has 26 nitrogen and oxygen atoms in total. The second-order valence-electron chi connectivity index (χ2n) is 30.7. The summed E-state index contributed by atoms with van der Waals surface area (Å²) in [6.45, 7) is 4.01. The number of para-hydroxylation sites is 5. The number of hydrogen-bond donors (Lipinski definition) is 9. The molecular weight excluding hydrogens is 2450 g/mol. The quantitative estimate of drug-likeness (QED) is 0.0115. The molecule has 0 aliphatic carbocycles. The molecule has 0 aliphatic heterocycles. The highest BCUT2D eigenvalue weighted by molar-refractivity contribution is 14.1. The highest BCUT2D eigenvalue weighted by Gasteiger charge is 2.24. The largest absolute Gasteiger partial charge is 0.490 e. The monoisotopic (exact) mass is 2530 g/mol. The van der Waals surface area contributed by atoms with Crippen molar-refractivity contribution in [2.45, 2.75) is 49.2 Å². The number of alkyl halides is 1. The average molecular weight is 2540 g/mol. The summed E-state index contributed by atoms with van der Waals surface area (Å²) >= 11 is 51.0. The third kappa shape index (κ3) is 30.1. The summed E-state index contributed by atoms with van der Waals surface area (Å²) < 4.78 is 16.6. The standard InChI is InChI=1S/C22H17ClN2O3.C20H13ClN2O3.C18H11ClN2O.C13H9BrClNO2.C13H7BrClNO.C7H5IO2.C6H5BrClN.C5H6BNO2.C4H7IO2.3CH4/c1-2-28-19(26)13-25-18-8-4-3-7-15(18)22(27)16-9-10-17(23)20(21(16)25)14-6-5-11-24-12-14;21-15-8-7-14-19(18(15)12-4-3-9-22-10-12)23(11-17(24)25)16-6-2-1-5-13(16)20(14)26;19-14-8-7-13-17(16(14)11-4-3-9-20-10-11)21-15-6-2-1-5-12(15)18(13)22;14-12-9(15)5-3-7-11(12)16-10-6-2-1-4-8(10)13(17)18;14-11-9(15)6-5-8-12(11)16-10-4-2-1-3-7(10)13(8)17;8-6-4-2-1-3-5(6)7(9)10;7-6-4(8)2-1-3-5(6)9;8-6(9)5-2-1-3-7-4-5;1-2-7-4(6)3-5;;;/h3-12H,2,13H2,1H3;1-10H,11H2,(H,24,25);1-10H,(H,21,22);1-7,16H,(H,17,18);1-6H,(H,16,17);1-4H,(H,9,10);1-3H,9H2;1-4,8-9H;2-3H2,1H3;3*1H4. The first kappa shape index (κ1) is 119. The third-order valence-corrected chi connectivity index (χ3v) is 28.1. The molecule has 12 aromatic carbocycles. The molecule has 0 atom stereocenters. The van der Waals surface area contributed by atoms with Crippen LogP contribution in [0, 0.1) is 3.57 Å². The van der Waals surface area contributed by atoms with Crippen molar-refractivity contribution in [1.29, 1.82) is 0 Å². The number of halogens is 11. The van der Waals surface area contributed by atoms with Crippen LogP contribution in [0.4, 0.5) is 17.1 Å². The van der Waals surface area contributed by atoms with E-state index in [1.165, 1.54) is 6.20 Å². The number of fused-ring (bicyclic) bond motifs is 8. The Hall–Kier alpha value is -13.3. The van der Waals surface area contributed by atoms with Crippen LogP contribution in [0.1, 0.15) is 56.8 Å². The van der Waals surface area contributed by atoms with E-state index in [0.29, 0.717) is 144 Å². The lowest BCUT2D eigenvalue weighted by atomic mass is 9.82. The number of carbonyl (C=O) groups is 5. The van der Waals surface area contributed by atoms with Gasteiger partial charge in [0.1, 0.15) is 13.1 Å². The van der Waals surface area contributed by atoms with Crippen molar-refractivity contribution < 1.29 is 58.8 Å². The number of anilines is 3. The zero-order valence-electron chi connectivity index (χ0n) is 76.4. The van der Waals surface area contributed by atoms with Crippen LogP contribution >= 0.6 is 163 Å². The number of nitrogens with one attached hydrogen (secondary N) is 3. The second kappa shape index (κ2) is 57.5. The lowest BCUT2D eigenvalue weighted by Crippen LogP contribution is -2.29. The number of aromatic carboxylic acids is 2. The van der Waals surface area contributed by atoms with Gasteiger partial charge < -0.3 is 65.0 Å². The fourth-order valence-corrected chi connectivity index (χ4v) is 18.1. The van der Waals surface area contributed by atoms with Crippen LogP contribution in [-0.2, 0) is 36.9 Å². The highest BCUT2D eigenvalue weighted by atomic mass is 127. The van der Waals surface area contributed by atoms with E-state index in [1.807, 2.05) is 154 Å². The average Bonchev–Trinajstić information content (AvgIpc) is 0.738. The Morgan fingerprint density at radius 1 is 0.396 bits per heavy atom. The molecule has 0 radical (unpaired) electrons. The lowest BCUT2D eigenvalue weighted by Gasteiger charge is -2.18. The lowest BCUT2D eigenvalue weighted by molar-refractivity contribution is -0.143. The van der Waals surface area contributed by atoms with E-state index in [0.717, 1.165) is 62.5 Å². The Morgan fingerprint density at radius 3 is 1.21 bits per heavy atom. The molecule has 0 aliphatic rings. The molecule has 0 saturated carbocycles. The van der Waals surface area contributed by atoms with Crippen LogP contribution in [0.2, 0.25) is 30.1 Å². The Morgan fingerprint density at radius 2 is 0.779 bits per heavy atom. The van der Waals surface area contributed by atoms with Crippen molar-refractivity contribution >= 4 is 309 Å². The van der Waals surface area contributed by atoms with Crippen LogP contribution < -0.4 is 38.2 Å². The van der Waals surface area contributed by atoms with Crippen LogP contribution in [0.15, 0.2) is 361 Å². The molecule has 0 fully saturated rings.